The average Bonchev–Trinajstić information content (AvgIpc) is 2.84. The van der Waals surface area contributed by atoms with Gasteiger partial charge in [-0.05, 0) is 77.0 Å². The first-order valence-electron chi connectivity index (χ1n) is 13.4. The smallest absolute Gasteiger partial charge is 0.407 e. The summed E-state index contributed by atoms with van der Waals surface area (Å²) in [6, 6.07) is 4.97. The van der Waals surface area contributed by atoms with E-state index in [1.54, 1.807) is 12.1 Å². The van der Waals surface area contributed by atoms with E-state index in [1.807, 2.05) is 20.8 Å². The molecule has 3 amide bonds. The van der Waals surface area contributed by atoms with Crippen LogP contribution in [0.5, 0.6) is 0 Å². The quantitative estimate of drug-likeness (QED) is 0.498. The number of imide groups is 1. The SMILES string of the molecule is CC(C)(C)NC(=O)OCC1CCC(N2CCN(c3ccc(NC4CCC(=O)NC4=O)cc3F)CC2)CC1. The van der Waals surface area contributed by atoms with Gasteiger partial charge in [-0.2, -0.15) is 0 Å². The van der Waals surface area contributed by atoms with Crippen molar-refractivity contribution in [3.8, 4) is 0 Å². The highest BCUT2D eigenvalue weighted by atomic mass is 19.1. The molecule has 204 valence electrons. The first kappa shape index (κ1) is 27.2. The van der Waals surface area contributed by atoms with Crippen LogP contribution in [0.25, 0.3) is 0 Å². The maximum atomic E-state index is 15.0. The van der Waals surface area contributed by atoms with E-state index >= 15 is 0 Å². The Hall–Kier alpha value is -2.88. The molecule has 1 aromatic rings. The summed E-state index contributed by atoms with van der Waals surface area (Å²) in [7, 11) is 0. The predicted octanol–water partition coefficient (Wildman–Crippen LogP) is 3.25. The summed E-state index contributed by atoms with van der Waals surface area (Å²) in [6.07, 6.45) is 4.59. The summed E-state index contributed by atoms with van der Waals surface area (Å²) in [5.41, 5.74) is 0.808. The summed E-state index contributed by atoms with van der Waals surface area (Å²) < 4.78 is 20.4. The number of alkyl carbamates (subject to hydrolysis) is 1. The van der Waals surface area contributed by atoms with Gasteiger partial charge < -0.3 is 20.3 Å². The Morgan fingerprint density at radius 1 is 1.08 bits per heavy atom. The number of carbonyl (C=O) groups is 3. The molecule has 2 aliphatic heterocycles. The van der Waals surface area contributed by atoms with Crippen molar-refractivity contribution in [3.63, 3.8) is 0 Å². The minimum atomic E-state index is -0.534. The third-order valence-electron chi connectivity index (χ3n) is 7.44. The maximum Gasteiger partial charge on any atom is 0.407 e. The number of nitrogens with one attached hydrogen (secondary N) is 3. The summed E-state index contributed by atoms with van der Waals surface area (Å²) in [6.45, 7) is 9.55. The molecule has 3 aliphatic rings. The molecular formula is C27H40FN5O4. The normalized spacial score (nSPS) is 25.4. The van der Waals surface area contributed by atoms with Crippen LogP contribution in [-0.2, 0) is 14.3 Å². The number of carbonyl (C=O) groups excluding carboxylic acids is 3. The van der Waals surface area contributed by atoms with E-state index in [1.165, 1.54) is 6.07 Å². The maximum absolute atomic E-state index is 15.0. The largest absolute Gasteiger partial charge is 0.449 e. The number of nitrogens with zero attached hydrogens (tertiary/aromatic N) is 2. The number of amides is 3. The Bertz CT molecular complexity index is 981. The second-order valence-electron chi connectivity index (χ2n) is 11.5. The molecule has 0 aromatic heterocycles. The first-order chi connectivity index (χ1) is 17.6. The molecule has 1 atom stereocenters. The van der Waals surface area contributed by atoms with Crippen LogP contribution >= 0.6 is 0 Å². The Morgan fingerprint density at radius 2 is 1.78 bits per heavy atom. The average molecular weight is 518 g/mol. The highest BCUT2D eigenvalue weighted by Gasteiger charge is 2.30. The molecule has 37 heavy (non-hydrogen) atoms. The predicted molar refractivity (Wildman–Crippen MR) is 140 cm³/mol. The number of benzene rings is 1. The minimum absolute atomic E-state index is 0.272. The molecule has 4 rings (SSSR count). The van der Waals surface area contributed by atoms with Gasteiger partial charge in [0.25, 0.3) is 0 Å². The van der Waals surface area contributed by atoms with Crippen molar-refractivity contribution in [1.29, 1.82) is 0 Å². The topological polar surface area (TPSA) is 103 Å². The summed E-state index contributed by atoms with van der Waals surface area (Å²) in [4.78, 5) is 39.8. The Labute approximate surface area is 218 Å². The molecule has 3 fully saturated rings. The van der Waals surface area contributed by atoms with Gasteiger partial charge in [-0.1, -0.05) is 0 Å². The minimum Gasteiger partial charge on any atom is -0.449 e. The molecule has 3 N–H and O–H groups in total. The van der Waals surface area contributed by atoms with Crippen molar-refractivity contribution in [3.05, 3.63) is 24.0 Å². The lowest BCUT2D eigenvalue weighted by Crippen LogP contribution is -2.51. The molecule has 1 unspecified atom stereocenters. The van der Waals surface area contributed by atoms with E-state index in [-0.39, 0.29) is 35.7 Å². The van der Waals surface area contributed by atoms with Crippen LogP contribution in [0.4, 0.5) is 20.6 Å². The lowest BCUT2D eigenvalue weighted by atomic mass is 9.85. The van der Waals surface area contributed by atoms with Gasteiger partial charge in [0.15, 0.2) is 0 Å². The zero-order valence-electron chi connectivity index (χ0n) is 22.1. The molecule has 0 spiro atoms. The molecule has 1 saturated carbocycles. The van der Waals surface area contributed by atoms with Gasteiger partial charge in [-0.15, -0.1) is 0 Å². The number of hydrogen-bond acceptors (Lipinski definition) is 7. The van der Waals surface area contributed by atoms with E-state index < -0.39 is 6.04 Å². The fourth-order valence-electron chi connectivity index (χ4n) is 5.43. The molecule has 1 aromatic carbocycles. The van der Waals surface area contributed by atoms with Crippen LogP contribution in [0.3, 0.4) is 0 Å². The van der Waals surface area contributed by atoms with Crippen LogP contribution in [-0.4, -0.2) is 73.2 Å². The van der Waals surface area contributed by atoms with Gasteiger partial charge in [0, 0.05) is 49.9 Å². The standard InChI is InChI=1S/C27H40FN5O4/c1-27(2,3)31-26(36)37-17-18-4-7-20(8-5-18)32-12-14-33(15-13-32)23-10-6-19(16-21(23)28)29-22-9-11-24(34)30-25(22)35/h6,10,16,18,20,22,29H,4-5,7-9,11-15,17H2,1-3H3,(H,31,36)(H,30,34,35). The molecule has 1 aliphatic carbocycles. The summed E-state index contributed by atoms with van der Waals surface area (Å²) in [5, 5.41) is 8.18. The first-order valence-corrected chi connectivity index (χ1v) is 13.4. The summed E-state index contributed by atoms with van der Waals surface area (Å²) in [5.74, 6) is -0.553. The highest BCUT2D eigenvalue weighted by Crippen LogP contribution is 2.30. The second kappa shape index (κ2) is 11.7. The van der Waals surface area contributed by atoms with Crippen molar-refractivity contribution >= 4 is 29.3 Å². The fraction of sp³-hybridized carbons (Fsp3) is 0.667. The monoisotopic (exact) mass is 517 g/mol. The molecule has 9 nitrogen and oxygen atoms in total. The number of anilines is 2. The molecular weight excluding hydrogens is 477 g/mol. The van der Waals surface area contributed by atoms with Gasteiger partial charge in [-0.3, -0.25) is 19.8 Å². The van der Waals surface area contributed by atoms with Crippen molar-refractivity contribution in [2.45, 2.75) is 76.9 Å². The molecule has 2 heterocycles. The number of hydrogen-bond donors (Lipinski definition) is 3. The lowest BCUT2D eigenvalue weighted by Gasteiger charge is -2.42. The molecule has 2 saturated heterocycles. The van der Waals surface area contributed by atoms with Gasteiger partial charge >= 0.3 is 6.09 Å². The van der Waals surface area contributed by atoms with Crippen LogP contribution in [0.15, 0.2) is 18.2 Å². The van der Waals surface area contributed by atoms with E-state index in [0.717, 1.165) is 51.9 Å². The van der Waals surface area contributed by atoms with Gasteiger partial charge in [-0.25, -0.2) is 9.18 Å². The number of rotatable bonds is 6. The Balaban J connectivity index is 1.20. The zero-order valence-corrected chi connectivity index (χ0v) is 22.1. The molecule has 10 heteroatoms. The molecule has 0 bridgehead atoms. The van der Waals surface area contributed by atoms with Gasteiger partial charge in [0.1, 0.15) is 11.9 Å². The van der Waals surface area contributed by atoms with Crippen LogP contribution in [0.2, 0.25) is 0 Å². The second-order valence-corrected chi connectivity index (χ2v) is 11.5. The van der Waals surface area contributed by atoms with Crippen molar-refractivity contribution in [2.75, 3.05) is 43.0 Å². The van der Waals surface area contributed by atoms with Gasteiger partial charge in [0.05, 0.1) is 12.3 Å². The van der Waals surface area contributed by atoms with Gasteiger partial charge in [0.2, 0.25) is 11.8 Å². The van der Waals surface area contributed by atoms with Crippen LogP contribution in [0, 0.1) is 11.7 Å². The zero-order chi connectivity index (χ0) is 26.6. The third kappa shape index (κ3) is 7.56. The van der Waals surface area contributed by atoms with E-state index in [4.69, 9.17) is 4.74 Å². The Kier molecular flexibility index (Phi) is 8.56. The van der Waals surface area contributed by atoms with E-state index in [2.05, 4.69) is 25.8 Å². The Morgan fingerprint density at radius 3 is 2.41 bits per heavy atom. The van der Waals surface area contributed by atoms with Crippen molar-refractivity contribution in [2.24, 2.45) is 5.92 Å². The van der Waals surface area contributed by atoms with Crippen molar-refractivity contribution in [1.82, 2.24) is 15.5 Å². The van der Waals surface area contributed by atoms with Crippen molar-refractivity contribution < 1.29 is 23.5 Å². The number of piperazine rings is 1. The van der Waals surface area contributed by atoms with Crippen LogP contribution in [0.1, 0.15) is 59.3 Å². The number of halogens is 1. The van der Waals surface area contributed by atoms with Crippen LogP contribution < -0.4 is 20.9 Å². The summed E-state index contributed by atoms with van der Waals surface area (Å²) >= 11 is 0. The molecule has 0 radical (unpaired) electrons. The lowest BCUT2D eigenvalue weighted by molar-refractivity contribution is -0.133. The highest BCUT2D eigenvalue weighted by molar-refractivity contribution is 6.01. The van der Waals surface area contributed by atoms with E-state index in [0.29, 0.717) is 36.4 Å². The third-order valence-corrected chi connectivity index (χ3v) is 7.44. The number of piperidine rings is 1. The number of ether oxygens (including phenoxy) is 1. The van der Waals surface area contributed by atoms with E-state index in [9.17, 15) is 18.8 Å². The fourth-order valence-corrected chi connectivity index (χ4v) is 5.43.